The Kier molecular flexibility index (Phi) is 9.59. The van der Waals surface area contributed by atoms with Crippen molar-refractivity contribution in [2.75, 3.05) is 32.4 Å². The maximum absolute atomic E-state index is 10.9. The van der Waals surface area contributed by atoms with Crippen molar-refractivity contribution >= 4 is 16.0 Å². The summed E-state index contributed by atoms with van der Waals surface area (Å²) in [5.74, 6) is 1.46. The van der Waals surface area contributed by atoms with Gasteiger partial charge in [0.25, 0.3) is 0 Å². The van der Waals surface area contributed by atoms with E-state index < -0.39 is 10.0 Å². The first-order valence-electron chi connectivity index (χ1n) is 6.82. The van der Waals surface area contributed by atoms with Crippen LogP contribution >= 0.6 is 0 Å². The van der Waals surface area contributed by atoms with Gasteiger partial charge in [0.15, 0.2) is 5.96 Å². The monoisotopic (exact) mass is 292 g/mol. The molecule has 0 bridgehead atoms. The Hall–Kier alpha value is -0.820. The lowest BCUT2D eigenvalue weighted by atomic mass is 10.1. The number of hydrogen-bond acceptors (Lipinski definition) is 3. The van der Waals surface area contributed by atoms with Gasteiger partial charge < -0.3 is 10.6 Å². The molecule has 0 aromatic carbocycles. The third kappa shape index (κ3) is 13.4. The summed E-state index contributed by atoms with van der Waals surface area (Å²) in [6, 6.07) is 0. The summed E-state index contributed by atoms with van der Waals surface area (Å²) in [6.07, 6.45) is 2.95. The van der Waals surface area contributed by atoms with Gasteiger partial charge in [-0.25, -0.2) is 13.1 Å². The number of guanidine groups is 1. The zero-order valence-corrected chi connectivity index (χ0v) is 13.3. The molecule has 19 heavy (non-hydrogen) atoms. The highest BCUT2D eigenvalue weighted by molar-refractivity contribution is 7.88. The van der Waals surface area contributed by atoms with Crippen LogP contribution in [0, 0.1) is 5.92 Å². The van der Waals surface area contributed by atoms with Crippen LogP contribution in [0.4, 0.5) is 0 Å². The number of rotatable bonds is 9. The van der Waals surface area contributed by atoms with E-state index in [1.165, 1.54) is 0 Å². The number of aliphatic imine (C=N–C) groups is 1. The molecule has 3 N–H and O–H groups in total. The molecule has 0 saturated heterocycles. The van der Waals surface area contributed by atoms with Crippen molar-refractivity contribution in [2.24, 2.45) is 10.9 Å². The third-order valence-electron chi connectivity index (χ3n) is 2.33. The molecule has 0 aromatic rings. The first-order chi connectivity index (χ1) is 8.85. The highest BCUT2D eigenvalue weighted by Crippen LogP contribution is 1.96. The summed E-state index contributed by atoms with van der Waals surface area (Å²) in [4.78, 5) is 4.39. The Morgan fingerprint density at radius 2 is 1.89 bits per heavy atom. The van der Waals surface area contributed by atoms with Gasteiger partial charge in [0.05, 0.1) is 6.26 Å². The summed E-state index contributed by atoms with van der Waals surface area (Å²) in [5, 5.41) is 6.42. The van der Waals surface area contributed by atoms with E-state index in [0.29, 0.717) is 25.4 Å². The van der Waals surface area contributed by atoms with Gasteiger partial charge in [-0.2, -0.15) is 0 Å². The zero-order valence-electron chi connectivity index (χ0n) is 12.5. The van der Waals surface area contributed by atoms with Crippen LogP contribution in [0.1, 0.15) is 33.6 Å². The van der Waals surface area contributed by atoms with Gasteiger partial charge in [0.2, 0.25) is 10.0 Å². The van der Waals surface area contributed by atoms with Crippen molar-refractivity contribution in [3.63, 3.8) is 0 Å². The summed E-state index contributed by atoms with van der Waals surface area (Å²) >= 11 is 0. The Morgan fingerprint density at radius 1 is 1.21 bits per heavy atom. The van der Waals surface area contributed by atoms with Crippen LogP contribution in [0.2, 0.25) is 0 Å². The van der Waals surface area contributed by atoms with Crippen molar-refractivity contribution in [3.8, 4) is 0 Å². The quantitative estimate of drug-likeness (QED) is 0.329. The van der Waals surface area contributed by atoms with E-state index in [0.717, 1.165) is 31.7 Å². The minimum atomic E-state index is -3.09. The minimum Gasteiger partial charge on any atom is -0.357 e. The number of sulfonamides is 1. The molecule has 7 heteroatoms. The Morgan fingerprint density at radius 3 is 2.42 bits per heavy atom. The second-order valence-corrected chi connectivity index (χ2v) is 6.72. The van der Waals surface area contributed by atoms with E-state index in [9.17, 15) is 8.42 Å². The zero-order chi connectivity index (χ0) is 14.7. The fraction of sp³-hybridized carbons (Fsp3) is 0.917. The van der Waals surface area contributed by atoms with Crippen LogP contribution in [-0.4, -0.2) is 46.8 Å². The molecule has 0 saturated carbocycles. The van der Waals surface area contributed by atoms with Gasteiger partial charge in [-0.1, -0.05) is 13.8 Å². The second-order valence-electron chi connectivity index (χ2n) is 4.89. The van der Waals surface area contributed by atoms with Crippen molar-refractivity contribution in [1.82, 2.24) is 15.4 Å². The largest absolute Gasteiger partial charge is 0.357 e. The molecule has 0 rings (SSSR count). The fourth-order valence-electron chi connectivity index (χ4n) is 1.35. The van der Waals surface area contributed by atoms with E-state index in [4.69, 9.17) is 0 Å². The van der Waals surface area contributed by atoms with Gasteiger partial charge in [0.1, 0.15) is 0 Å². The highest BCUT2D eigenvalue weighted by Gasteiger charge is 2.00. The molecule has 0 heterocycles. The van der Waals surface area contributed by atoms with Gasteiger partial charge in [-0.15, -0.1) is 0 Å². The van der Waals surface area contributed by atoms with E-state index in [1.54, 1.807) is 0 Å². The van der Waals surface area contributed by atoms with Gasteiger partial charge in [0, 0.05) is 26.2 Å². The molecule has 0 aliphatic carbocycles. The van der Waals surface area contributed by atoms with Gasteiger partial charge in [-0.05, 0) is 25.7 Å². The number of hydrogen-bond donors (Lipinski definition) is 3. The normalized spacial score (nSPS) is 12.8. The second kappa shape index (κ2) is 10.0. The average molecular weight is 292 g/mol. The lowest BCUT2D eigenvalue weighted by Gasteiger charge is -2.12. The Bertz CT molecular complexity index is 353. The lowest BCUT2D eigenvalue weighted by molar-refractivity contribution is 0.573. The maximum atomic E-state index is 10.9. The predicted molar refractivity (Wildman–Crippen MR) is 80.9 cm³/mol. The Balaban J connectivity index is 3.91. The van der Waals surface area contributed by atoms with E-state index in [1.807, 2.05) is 6.92 Å². The van der Waals surface area contributed by atoms with Crippen LogP contribution in [0.5, 0.6) is 0 Å². The minimum absolute atomic E-state index is 0.424. The molecule has 0 unspecified atom stereocenters. The molecule has 0 amide bonds. The molecule has 6 nitrogen and oxygen atoms in total. The molecule has 0 fully saturated rings. The van der Waals surface area contributed by atoms with Crippen LogP contribution in [0.3, 0.4) is 0 Å². The molecular weight excluding hydrogens is 264 g/mol. The summed E-state index contributed by atoms with van der Waals surface area (Å²) < 4.78 is 24.2. The van der Waals surface area contributed by atoms with E-state index >= 15 is 0 Å². The molecule has 0 atom stereocenters. The lowest BCUT2D eigenvalue weighted by Crippen LogP contribution is -2.38. The average Bonchev–Trinajstić information content (AvgIpc) is 2.26. The highest BCUT2D eigenvalue weighted by atomic mass is 32.2. The topological polar surface area (TPSA) is 82.6 Å². The molecule has 114 valence electrons. The molecule has 0 aliphatic heterocycles. The molecular formula is C12H28N4O2S. The smallest absolute Gasteiger partial charge is 0.208 e. The standard InChI is InChI=1S/C12H28N4O2S/c1-5-13-12(15-10-7-11(2)3)14-8-6-9-16-19(4,17)18/h11,16H,5-10H2,1-4H3,(H2,13,14,15). The third-order valence-corrected chi connectivity index (χ3v) is 3.06. The molecule has 0 radical (unpaired) electrons. The maximum Gasteiger partial charge on any atom is 0.208 e. The number of nitrogens with one attached hydrogen (secondary N) is 3. The van der Waals surface area contributed by atoms with Crippen molar-refractivity contribution in [2.45, 2.75) is 33.6 Å². The first-order valence-corrected chi connectivity index (χ1v) is 8.71. The summed E-state index contributed by atoms with van der Waals surface area (Å²) in [7, 11) is -3.09. The van der Waals surface area contributed by atoms with Gasteiger partial charge >= 0.3 is 0 Å². The van der Waals surface area contributed by atoms with Crippen LogP contribution in [0.15, 0.2) is 4.99 Å². The van der Waals surface area contributed by atoms with Crippen molar-refractivity contribution in [1.29, 1.82) is 0 Å². The molecule has 0 aliphatic rings. The van der Waals surface area contributed by atoms with E-state index in [-0.39, 0.29) is 0 Å². The molecule has 0 spiro atoms. The van der Waals surface area contributed by atoms with Crippen molar-refractivity contribution < 1.29 is 8.42 Å². The van der Waals surface area contributed by atoms with Crippen LogP contribution in [-0.2, 0) is 10.0 Å². The van der Waals surface area contributed by atoms with E-state index in [2.05, 4.69) is 34.2 Å². The molecule has 0 aromatic heterocycles. The Labute approximate surface area is 117 Å². The van der Waals surface area contributed by atoms with Gasteiger partial charge in [-0.3, -0.25) is 4.99 Å². The van der Waals surface area contributed by atoms with Crippen molar-refractivity contribution in [3.05, 3.63) is 0 Å². The first kappa shape index (κ1) is 18.2. The number of nitrogens with zero attached hydrogens (tertiary/aromatic N) is 1. The van der Waals surface area contributed by atoms with Crippen LogP contribution in [0.25, 0.3) is 0 Å². The summed E-state index contributed by atoms with van der Waals surface area (Å²) in [5.41, 5.74) is 0. The predicted octanol–water partition coefficient (Wildman–Crippen LogP) is 0.527. The SMILES string of the molecule is CCNC(=NCCCNS(C)(=O)=O)NCCC(C)C. The summed E-state index contributed by atoms with van der Waals surface area (Å²) in [6.45, 7) is 9.11. The fourth-order valence-corrected chi connectivity index (χ4v) is 1.86. The van der Waals surface area contributed by atoms with Crippen LogP contribution < -0.4 is 15.4 Å².